The maximum absolute atomic E-state index is 12.1. The van der Waals surface area contributed by atoms with Gasteiger partial charge in [-0.15, -0.1) is 0 Å². The second-order valence-corrected chi connectivity index (χ2v) is 5.60. The molecule has 2 amide bonds. The van der Waals surface area contributed by atoms with Crippen LogP contribution in [0.5, 0.6) is 0 Å². The largest absolute Gasteiger partial charge is 0.379 e. The van der Waals surface area contributed by atoms with Gasteiger partial charge in [-0.1, -0.05) is 11.6 Å². The minimum absolute atomic E-state index is 0.217. The molecule has 0 aromatic heterocycles. The zero-order valence-electron chi connectivity index (χ0n) is 11.9. The third-order valence-corrected chi connectivity index (χ3v) is 3.66. The number of halogens is 1. The molecule has 6 nitrogen and oxygen atoms in total. The van der Waals surface area contributed by atoms with Crippen LogP contribution in [-0.4, -0.2) is 50.1 Å². The number of hydrogen-bond acceptors (Lipinski definition) is 4. The molecule has 1 aromatic rings. The van der Waals surface area contributed by atoms with E-state index in [0.29, 0.717) is 29.5 Å². The van der Waals surface area contributed by atoms with Crippen LogP contribution in [0.15, 0.2) is 18.2 Å². The van der Waals surface area contributed by atoms with Crippen molar-refractivity contribution in [2.24, 2.45) is 11.7 Å². The molecule has 1 aliphatic rings. The van der Waals surface area contributed by atoms with Crippen LogP contribution in [0.3, 0.4) is 0 Å². The summed E-state index contributed by atoms with van der Waals surface area (Å²) in [6.07, 6.45) is 0. The number of nitrogens with one attached hydrogen (secondary N) is 1. The van der Waals surface area contributed by atoms with Crippen LogP contribution in [0, 0.1) is 5.92 Å². The summed E-state index contributed by atoms with van der Waals surface area (Å²) in [5.74, 6) is -0.823. The molecule has 7 heteroatoms. The predicted molar refractivity (Wildman–Crippen MR) is 80.4 cm³/mol. The summed E-state index contributed by atoms with van der Waals surface area (Å²) >= 11 is 6.02. The minimum atomic E-state index is -0.381. The number of rotatable bonds is 3. The van der Waals surface area contributed by atoms with E-state index >= 15 is 0 Å². The van der Waals surface area contributed by atoms with Crippen molar-refractivity contribution in [2.75, 3.05) is 32.6 Å². The monoisotopic (exact) mass is 311 g/mol. The van der Waals surface area contributed by atoms with Crippen molar-refractivity contribution in [3.05, 3.63) is 28.8 Å². The summed E-state index contributed by atoms with van der Waals surface area (Å²) < 4.78 is 5.17. The number of carbonyl (C=O) groups is 2. The van der Waals surface area contributed by atoms with E-state index in [1.54, 1.807) is 32.3 Å². The molecule has 2 unspecified atom stereocenters. The van der Waals surface area contributed by atoms with Gasteiger partial charge in [0, 0.05) is 25.8 Å². The van der Waals surface area contributed by atoms with Crippen molar-refractivity contribution in [1.82, 2.24) is 4.90 Å². The highest BCUT2D eigenvalue weighted by Crippen LogP contribution is 2.23. The average molecular weight is 312 g/mol. The molecule has 3 N–H and O–H groups in total. The van der Waals surface area contributed by atoms with E-state index in [0.717, 1.165) is 0 Å². The van der Waals surface area contributed by atoms with Gasteiger partial charge in [-0.2, -0.15) is 0 Å². The zero-order valence-corrected chi connectivity index (χ0v) is 12.7. The molecule has 1 heterocycles. The van der Waals surface area contributed by atoms with E-state index in [1.165, 1.54) is 4.90 Å². The molecule has 0 spiro atoms. The molecule has 1 saturated heterocycles. The molecular weight excluding hydrogens is 294 g/mol. The lowest BCUT2D eigenvalue weighted by molar-refractivity contribution is -0.120. The van der Waals surface area contributed by atoms with Gasteiger partial charge in [-0.3, -0.25) is 9.59 Å². The Labute approximate surface area is 128 Å². The Hall–Kier alpha value is -1.63. The smallest absolute Gasteiger partial charge is 0.254 e. The first-order valence-corrected chi connectivity index (χ1v) is 6.93. The van der Waals surface area contributed by atoms with Gasteiger partial charge in [0.15, 0.2) is 0 Å². The van der Waals surface area contributed by atoms with Crippen LogP contribution >= 0.6 is 11.6 Å². The van der Waals surface area contributed by atoms with Crippen molar-refractivity contribution >= 4 is 29.1 Å². The van der Waals surface area contributed by atoms with Crippen molar-refractivity contribution in [2.45, 2.75) is 6.04 Å². The van der Waals surface area contributed by atoms with Gasteiger partial charge in [0.05, 0.1) is 29.7 Å². The van der Waals surface area contributed by atoms with Gasteiger partial charge in [-0.05, 0) is 18.2 Å². The van der Waals surface area contributed by atoms with Gasteiger partial charge >= 0.3 is 0 Å². The van der Waals surface area contributed by atoms with E-state index in [4.69, 9.17) is 22.1 Å². The van der Waals surface area contributed by atoms with Crippen LogP contribution in [0.1, 0.15) is 10.4 Å². The molecule has 1 aromatic carbocycles. The summed E-state index contributed by atoms with van der Waals surface area (Å²) in [4.78, 5) is 25.6. The molecule has 0 bridgehead atoms. The van der Waals surface area contributed by atoms with Crippen LogP contribution in [-0.2, 0) is 9.53 Å². The lowest BCUT2D eigenvalue weighted by Gasteiger charge is -2.15. The van der Waals surface area contributed by atoms with Gasteiger partial charge in [0.25, 0.3) is 5.91 Å². The number of nitrogens with zero attached hydrogens (tertiary/aromatic N) is 1. The molecule has 0 aliphatic carbocycles. The predicted octanol–water partition coefficient (Wildman–Crippen LogP) is 0.954. The van der Waals surface area contributed by atoms with Crippen molar-refractivity contribution in [3.8, 4) is 0 Å². The highest BCUT2D eigenvalue weighted by Gasteiger charge is 2.31. The Kier molecular flexibility index (Phi) is 4.82. The molecule has 2 atom stereocenters. The highest BCUT2D eigenvalue weighted by atomic mass is 35.5. The SMILES string of the molecule is CN(C)C(=O)c1cc(NC(=O)C2COCC2N)ccc1Cl. The molecule has 0 radical (unpaired) electrons. The lowest BCUT2D eigenvalue weighted by atomic mass is 10.0. The first-order chi connectivity index (χ1) is 9.90. The van der Waals surface area contributed by atoms with Crippen molar-refractivity contribution in [3.63, 3.8) is 0 Å². The maximum Gasteiger partial charge on any atom is 0.254 e. The summed E-state index contributed by atoms with van der Waals surface area (Å²) in [5, 5.41) is 3.09. The van der Waals surface area contributed by atoms with Gasteiger partial charge in [-0.25, -0.2) is 0 Å². The first kappa shape index (κ1) is 15.8. The number of benzene rings is 1. The Morgan fingerprint density at radius 2 is 2.10 bits per heavy atom. The standard InChI is InChI=1S/C14H18ClN3O3/c1-18(2)14(20)9-5-8(3-4-11(9)15)17-13(19)10-6-21-7-12(10)16/h3-5,10,12H,6-7,16H2,1-2H3,(H,17,19). The van der Waals surface area contributed by atoms with Crippen LogP contribution in [0.4, 0.5) is 5.69 Å². The molecule has 114 valence electrons. The second kappa shape index (κ2) is 6.43. The molecule has 0 saturated carbocycles. The number of ether oxygens (including phenoxy) is 1. The zero-order chi connectivity index (χ0) is 15.6. The average Bonchev–Trinajstić information content (AvgIpc) is 2.86. The van der Waals surface area contributed by atoms with Crippen LogP contribution in [0.2, 0.25) is 5.02 Å². The molecule has 1 aliphatic heterocycles. The summed E-state index contributed by atoms with van der Waals surface area (Å²) in [7, 11) is 3.28. The van der Waals surface area contributed by atoms with E-state index in [2.05, 4.69) is 5.32 Å². The number of amides is 2. The van der Waals surface area contributed by atoms with E-state index in [1.807, 2.05) is 0 Å². The first-order valence-electron chi connectivity index (χ1n) is 6.55. The molecule has 1 fully saturated rings. The van der Waals surface area contributed by atoms with Gasteiger partial charge in [0.1, 0.15) is 0 Å². The number of carbonyl (C=O) groups excluding carboxylic acids is 2. The highest BCUT2D eigenvalue weighted by molar-refractivity contribution is 6.34. The second-order valence-electron chi connectivity index (χ2n) is 5.19. The summed E-state index contributed by atoms with van der Waals surface area (Å²) in [5.41, 5.74) is 6.66. The summed E-state index contributed by atoms with van der Waals surface area (Å²) in [6.45, 7) is 0.688. The Morgan fingerprint density at radius 1 is 1.38 bits per heavy atom. The number of nitrogens with two attached hydrogens (primary N) is 1. The fraction of sp³-hybridized carbons (Fsp3) is 0.429. The molecule has 21 heavy (non-hydrogen) atoms. The third kappa shape index (κ3) is 3.53. The number of hydrogen-bond donors (Lipinski definition) is 2. The van der Waals surface area contributed by atoms with E-state index < -0.39 is 0 Å². The quantitative estimate of drug-likeness (QED) is 0.870. The van der Waals surface area contributed by atoms with E-state index in [-0.39, 0.29) is 23.8 Å². The Morgan fingerprint density at radius 3 is 2.67 bits per heavy atom. The van der Waals surface area contributed by atoms with Gasteiger partial charge < -0.3 is 20.7 Å². The molecule has 2 rings (SSSR count). The fourth-order valence-corrected chi connectivity index (χ4v) is 2.28. The topological polar surface area (TPSA) is 84.7 Å². The van der Waals surface area contributed by atoms with Crippen molar-refractivity contribution < 1.29 is 14.3 Å². The number of anilines is 1. The molecular formula is C14H18ClN3O3. The summed E-state index contributed by atoms with van der Waals surface area (Å²) in [6, 6.07) is 4.48. The maximum atomic E-state index is 12.1. The fourth-order valence-electron chi connectivity index (χ4n) is 2.08. The normalized spacial score (nSPS) is 21.1. The van der Waals surface area contributed by atoms with Crippen LogP contribution < -0.4 is 11.1 Å². The lowest BCUT2D eigenvalue weighted by Crippen LogP contribution is -2.37. The third-order valence-electron chi connectivity index (χ3n) is 3.33. The van der Waals surface area contributed by atoms with Crippen molar-refractivity contribution in [1.29, 1.82) is 0 Å². The Balaban J connectivity index is 2.16. The van der Waals surface area contributed by atoms with Crippen LogP contribution in [0.25, 0.3) is 0 Å². The Bertz CT molecular complexity index is 562. The van der Waals surface area contributed by atoms with Gasteiger partial charge in [0.2, 0.25) is 5.91 Å². The minimum Gasteiger partial charge on any atom is -0.379 e. The van der Waals surface area contributed by atoms with E-state index in [9.17, 15) is 9.59 Å².